The molecule has 1 aromatic carbocycles. The van der Waals surface area contributed by atoms with E-state index in [0.717, 1.165) is 36.6 Å². The number of carbonyl (C=O) groups excluding carboxylic acids is 2. The summed E-state index contributed by atoms with van der Waals surface area (Å²) in [5.74, 6) is 2.61. The van der Waals surface area contributed by atoms with E-state index in [1.165, 1.54) is 4.90 Å². The second-order valence-electron chi connectivity index (χ2n) is 5.22. The van der Waals surface area contributed by atoms with Crippen LogP contribution in [0.25, 0.3) is 6.08 Å². The van der Waals surface area contributed by atoms with Crippen LogP contribution in [0.1, 0.15) is 31.7 Å². The molecule has 0 radical (unpaired) electrons. The smallest absolute Gasteiger partial charge is 0.293 e. The first kappa shape index (κ1) is 18.4. The highest BCUT2D eigenvalue weighted by Crippen LogP contribution is 2.34. The third-order valence-electron chi connectivity index (χ3n) is 3.42. The second kappa shape index (κ2) is 8.81. The average Bonchev–Trinajstić information content (AvgIpc) is 2.82. The molecular weight excluding hydrogens is 346 g/mol. The second-order valence-corrected chi connectivity index (χ2v) is 6.62. The largest absolute Gasteiger partial charge is 0.479 e. The molecule has 0 N–H and O–H groups in total. The van der Waals surface area contributed by atoms with Gasteiger partial charge in [-0.25, -0.2) is 0 Å². The Morgan fingerprint density at radius 2 is 2.17 bits per heavy atom. The summed E-state index contributed by atoms with van der Waals surface area (Å²) in [6.07, 6.45) is 9.68. The zero-order valence-corrected chi connectivity index (χ0v) is 15.0. The normalized spacial score (nSPS) is 15.9. The number of unbranched alkanes of at least 4 members (excludes halogenated alkanes) is 2. The quantitative estimate of drug-likeness (QED) is 0.404. The molecule has 1 aromatic rings. The van der Waals surface area contributed by atoms with Crippen molar-refractivity contribution < 1.29 is 14.3 Å². The molecule has 6 heteroatoms. The molecule has 0 aliphatic carbocycles. The lowest BCUT2D eigenvalue weighted by Gasteiger charge is -2.11. The van der Waals surface area contributed by atoms with Gasteiger partial charge in [0, 0.05) is 6.54 Å². The fourth-order valence-corrected chi connectivity index (χ4v) is 3.32. The molecule has 0 atom stereocenters. The van der Waals surface area contributed by atoms with Crippen LogP contribution in [0.5, 0.6) is 5.75 Å². The van der Waals surface area contributed by atoms with E-state index in [4.69, 9.17) is 22.8 Å². The van der Waals surface area contributed by atoms with E-state index in [1.807, 2.05) is 0 Å². The number of benzene rings is 1. The topological polar surface area (TPSA) is 46.6 Å². The standard InChI is InChI=1S/C18H18ClNO3S/c1-3-5-6-9-20-17(21)16(24-18(20)22)12-13-7-8-15(14(19)11-13)23-10-4-2/h2,7-8,11-12H,3,5-6,9-10H2,1H3/b16-12-. The van der Waals surface area contributed by atoms with Crippen LogP contribution in [0.4, 0.5) is 4.79 Å². The van der Waals surface area contributed by atoms with Crippen molar-refractivity contribution in [2.24, 2.45) is 0 Å². The summed E-state index contributed by atoms with van der Waals surface area (Å²) in [5.41, 5.74) is 0.729. The molecule has 1 heterocycles. The maximum atomic E-state index is 12.3. The van der Waals surface area contributed by atoms with Gasteiger partial charge in [0.15, 0.2) is 0 Å². The summed E-state index contributed by atoms with van der Waals surface area (Å²) in [7, 11) is 0. The Hall–Kier alpha value is -1.90. The van der Waals surface area contributed by atoms with Crippen molar-refractivity contribution in [3.05, 3.63) is 33.7 Å². The van der Waals surface area contributed by atoms with Crippen LogP contribution >= 0.6 is 23.4 Å². The monoisotopic (exact) mass is 363 g/mol. The van der Waals surface area contributed by atoms with Gasteiger partial charge in [-0.3, -0.25) is 14.5 Å². The van der Waals surface area contributed by atoms with Crippen molar-refractivity contribution in [1.29, 1.82) is 0 Å². The van der Waals surface area contributed by atoms with E-state index in [2.05, 4.69) is 12.8 Å². The summed E-state index contributed by atoms with van der Waals surface area (Å²) < 4.78 is 5.30. The van der Waals surface area contributed by atoms with E-state index in [-0.39, 0.29) is 17.8 Å². The summed E-state index contributed by atoms with van der Waals surface area (Å²) in [6, 6.07) is 5.14. The predicted molar refractivity (Wildman–Crippen MR) is 98.0 cm³/mol. The number of halogens is 1. The summed E-state index contributed by atoms with van der Waals surface area (Å²) in [6.45, 7) is 2.68. The third-order valence-corrected chi connectivity index (χ3v) is 4.63. The van der Waals surface area contributed by atoms with Gasteiger partial charge in [0.2, 0.25) is 0 Å². The number of nitrogens with zero attached hydrogens (tertiary/aromatic N) is 1. The molecule has 4 nitrogen and oxygen atoms in total. The summed E-state index contributed by atoms with van der Waals surface area (Å²) in [5, 5.41) is 0.184. The van der Waals surface area contributed by atoms with Crippen LogP contribution in [0, 0.1) is 12.3 Å². The van der Waals surface area contributed by atoms with Crippen molar-refractivity contribution in [2.45, 2.75) is 26.2 Å². The number of amides is 2. The molecule has 24 heavy (non-hydrogen) atoms. The molecule has 1 aliphatic rings. The average molecular weight is 364 g/mol. The summed E-state index contributed by atoms with van der Waals surface area (Å²) in [4.78, 5) is 26.0. The minimum atomic E-state index is -0.245. The SMILES string of the molecule is C#CCOc1ccc(/C=C2\SC(=O)N(CCCCC)C2=O)cc1Cl. The van der Waals surface area contributed by atoms with Gasteiger partial charge in [-0.15, -0.1) is 6.42 Å². The van der Waals surface area contributed by atoms with E-state index in [9.17, 15) is 9.59 Å². The van der Waals surface area contributed by atoms with Crippen molar-refractivity contribution in [3.63, 3.8) is 0 Å². The number of hydrogen-bond acceptors (Lipinski definition) is 4. The molecule has 2 rings (SSSR count). The number of imide groups is 1. The lowest BCUT2D eigenvalue weighted by molar-refractivity contribution is -0.122. The van der Waals surface area contributed by atoms with Gasteiger partial charge in [0.1, 0.15) is 12.4 Å². The number of thioether (sulfide) groups is 1. The van der Waals surface area contributed by atoms with Gasteiger partial charge in [0.25, 0.3) is 11.1 Å². The molecule has 0 bridgehead atoms. The number of rotatable bonds is 7. The fraction of sp³-hybridized carbons (Fsp3) is 0.333. The van der Waals surface area contributed by atoms with Crippen LogP contribution in [0.3, 0.4) is 0 Å². The van der Waals surface area contributed by atoms with Crippen LogP contribution < -0.4 is 4.74 Å². The molecule has 0 aromatic heterocycles. The van der Waals surface area contributed by atoms with Crippen LogP contribution in [0.2, 0.25) is 5.02 Å². The Balaban J connectivity index is 2.11. The lowest BCUT2D eigenvalue weighted by atomic mass is 10.2. The van der Waals surface area contributed by atoms with Gasteiger partial charge >= 0.3 is 0 Å². The van der Waals surface area contributed by atoms with E-state index in [1.54, 1.807) is 24.3 Å². The Morgan fingerprint density at radius 3 is 2.83 bits per heavy atom. The third kappa shape index (κ3) is 4.56. The fourth-order valence-electron chi connectivity index (χ4n) is 2.21. The molecule has 1 fully saturated rings. The van der Waals surface area contributed by atoms with Gasteiger partial charge in [-0.2, -0.15) is 0 Å². The van der Waals surface area contributed by atoms with Crippen LogP contribution in [-0.4, -0.2) is 29.2 Å². The highest BCUT2D eigenvalue weighted by atomic mass is 35.5. The Labute approximate surface area is 151 Å². The molecule has 1 aliphatic heterocycles. The van der Waals surface area contributed by atoms with Gasteiger partial charge in [-0.1, -0.05) is 43.4 Å². The molecule has 0 spiro atoms. The maximum Gasteiger partial charge on any atom is 0.293 e. The van der Waals surface area contributed by atoms with Crippen molar-refractivity contribution >= 4 is 40.6 Å². The number of ether oxygens (including phenoxy) is 1. The Morgan fingerprint density at radius 1 is 1.38 bits per heavy atom. The van der Waals surface area contributed by atoms with E-state index < -0.39 is 0 Å². The molecule has 2 amide bonds. The lowest BCUT2D eigenvalue weighted by Crippen LogP contribution is -2.29. The first-order valence-corrected chi connectivity index (χ1v) is 8.87. The van der Waals surface area contributed by atoms with Gasteiger partial charge in [-0.05, 0) is 42.0 Å². The van der Waals surface area contributed by atoms with Crippen molar-refractivity contribution in [3.8, 4) is 18.1 Å². The molecular formula is C18H18ClNO3S. The molecule has 0 saturated carbocycles. The van der Waals surface area contributed by atoms with Crippen LogP contribution in [-0.2, 0) is 4.79 Å². The Bertz CT molecular complexity index is 709. The van der Waals surface area contributed by atoms with E-state index in [0.29, 0.717) is 22.2 Å². The zero-order chi connectivity index (χ0) is 17.5. The zero-order valence-electron chi connectivity index (χ0n) is 13.4. The minimum Gasteiger partial charge on any atom is -0.479 e. The number of carbonyl (C=O) groups is 2. The van der Waals surface area contributed by atoms with Crippen molar-refractivity contribution in [2.75, 3.05) is 13.2 Å². The molecule has 126 valence electrons. The number of hydrogen-bond donors (Lipinski definition) is 0. The first-order chi connectivity index (χ1) is 11.6. The minimum absolute atomic E-state index is 0.135. The van der Waals surface area contributed by atoms with Crippen LogP contribution in [0.15, 0.2) is 23.1 Å². The highest BCUT2D eigenvalue weighted by molar-refractivity contribution is 8.18. The molecule has 1 saturated heterocycles. The Kier molecular flexibility index (Phi) is 6.77. The molecule has 0 unspecified atom stereocenters. The van der Waals surface area contributed by atoms with Crippen molar-refractivity contribution in [1.82, 2.24) is 4.90 Å². The number of terminal acetylenes is 1. The van der Waals surface area contributed by atoms with Gasteiger partial charge in [0.05, 0.1) is 9.93 Å². The van der Waals surface area contributed by atoms with Gasteiger partial charge < -0.3 is 4.74 Å². The van der Waals surface area contributed by atoms with E-state index >= 15 is 0 Å². The maximum absolute atomic E-state index is 12.3. The highest BCUT2D eigenvalue weighted by Gasteiger charge is 2.34. The first-order valence-electron chi connectivity index (χ1n) is 7.68. The summed E-state index contributed by atoms with van der Waals surface area (Å²) >= 11 is 7.09. The predicted octanol–water partition coefficient (Wildman–Crippen LogP) is 4.58.